The number of hydroxylamine groups is 1. The standard InChI is InChI=1S/C21H25N3O2/c1-4-18-12-20(23-26)19-11-17(9-10-21(19)24(18)14(2)25)16-7-5-15(6-8-16)13-22-3/h4-11,18,20,22-23,26H,1,12-13H2,2-3H3. The van der Waals surface area contributed by atoms with Crippen molar-refractivity contribution in [1.29, 1.82) is 0 Å². The fraction of sp³-hybridized carbons (Fsp3) is 0.286. The van der Waals surface area contributed by atoms with Gasteiger partial charge < -0.3 is 15.4 Å². The van der Waals surface area contributed by atoms with Crippen LogP contribution in [0.4, 0.5) is 5.69 Å². The van der Waals surface area contributed by atoms with Crippen molar-refractivity contribution in [3.63, 3.8) is 0 Å². The van der Waals surface area contributed by atoms with E-state index in [2.05, 4.69) is 41.6 Å². The van der Waals surface area contributed by atoms with E-state index in [-0.39, 0.29) is 18.0 Å². The van der Waals surface area contributed by atoms with Gasteiger partial charge in [-0.15, -0.1) is 6.58 Å². The first-order valence-corrected chi connectivity index (χ1v) is 8.79. The van der Waals surface area contributed by atoms with Crippen LogP contribution in [0.1, 0.15) is 30.5 Å². The molecule has 1 amide bonds. The maximum atomic E-state index is 12.2. The molecule has 0 saturated heterocycles. The van der Waals surface area contributed by atoms with E-state index < -0.39 is 0 Å². The van der Waals surface area contributed by atoms with Gasteiger partial charge in [0.05, 0.1) is 12.1 Å². The van der Waals surface area contributed by atoms with Crippen LogP contribution in [0.5, 0.6) is 0 Å². The first-order chi connectivity index (χ1) is 12.6. The predicted octanol–water partition coefficient (Wildman–Crippen LogP) is 3.40. The summed E-state index contributed by atoms with van der Waals surface area (Å²) in [6, 6.07) is 14.0. The molecule has 0 spiro atoms. The quantitative estimate of drug-likeness (QED) is 0.571. The molecule has 2 aromatic rings. The summed E-state index contributed by atoms with van der Waals surface area (Å²) in [6.45, 7) is 6.23. The van der Waals surface area contributed by atoms with Crippen molar-refractivity contribution in [2.45, 2.75) is 32.0 Å². The SMILES string of the molecule is C=CC1CC(NO)c2cc(-c3ccc(CNC)cc3)ccc2N1C(C)=O. The highest BCUT2D eigenvalue weighted by Crippen LogP contribution is 2.39. The first-order valence-electron chi connectivity index (χ1n) is 8.79. The molecule has 3 rings (SSSR count). The Labute approximate surface area is 154 Å². The molecular formula is C21H25N3O2. The summed E-state index contributed by atoms with van der Waals surface area (Å²) in [6.07, 6.45) is 2.33. The molecule has 136 valence electrons. The zero-order chi connectivity index (χ0) is 18.7. The van der Waals surface area contributed by atoms with Crippen LogP contribution in [0.15, 0.2) is 55.1 Å². The van der Waals surface area contributed by atoms with Crippen LogP contribution < -0.4 is 15.7 Å². The van der Waals surface area contributed by atoms with Gasteiger partial charge in [0.2, 0.25) is 5.91 Å². The predicted molar refractivity (Wildman–Crippen MR) is 104 cm³/mol. The molecule has 5 heteroatoms. The van der Waals surface area contributed by atoms with E-state index in [4.69, 9.17) is 0 Å². The highest BCUT2D eigenvalue weighted by molar-refractivity contribution is 5.94. The van der Waals surface area contributed by atoms with E-state index in [0.717, 1.165) is 28.9 Å². The number of benzene rings is 2. The van der Waals surface area contributed by atoms with Crippen molar-refractivity contribution in [2.75, 3.05) is 11.9 Å². The summed E-state index contributed by atoms with van der Waals surface area (Å²) in [5.41, 5.74) is 7.50. The van der Waals surface area contributed by atoms with Gasteiger partial charge in [-0.25, -0.2) is 0 Å². The summed E-state index contributed by atoms with van der Waals surface area (Å²) in [4.78, 5) is 13.9. The normalized spacial score (nSPS) is 19.1. The van der Waals surface area contributed by atoms with Crippen LogP contribution in [-0.4, -0.2) is 24.2 Å². The van der Waals surface area contributed by atoms with Crippen LogP contribution in [0.25, 0.3) is 11.1 Å². The molecule has 3 N–H and O–H groups in total. The maximum absolute atomic E-state index is 12.2. The number of anilines is 1. The monoisotopic (exact) mass is 351 g/mol. The van der Waals surface area contributed by atoms with Crippen LogP contribution >= 0.6 is 0 Å². The minimum Gasteiger partial charge on any atom is -0.316 e. The van der Waals surface area contributed by atoms with Gasteiger partial charge in [0.25, 0.3) is 0 Å². The molecule has 0 bridgehead atoms. The van der Waals surface area contributed by atoms with Crippen molar-refractivity contribution in [3.05, 3.63) is 66.2 Å². The zero-order valence-electron chi connectivity index (χ0n) is 15.2. The number of hydrogen-bond acceptors (Lipinski definition) is 4. The minimum atomic E-state index is -0.243. The van der Waals surface area contributed by atoms with Gasteiger partial charge in [0.1, 0.15) is 0 Å². The molecule has 5 nitrogen and oxygen atoms in total. The summed E-state index contributed by atoms with van der Waals surface area (Å²) in [5.74, 6) is -0.0308. The molecule has 1 aliphatic heterocycles. The van der Waals surface area contributed by atoms with Crippen molar-refractivity contribution >= 4 is 11.6 Å². The average molecular weight is 351 g/mol. The van der Waals surface area contributed by atoms with E-state index in [1.807, 2.05) is 25.2 Å². The Hall–Kier alpha value is -2.47. The van der Waals surface area contributed by atoms with Gasteiger partial charge in [-0.2, -0.15) is 5.48 Å². The highest BCUT2D eigenvalue weighted by Gasteiger charge is 2.33. The molecular weight excluding hydrogens is 326 g/mol. The second-order valence-electron chi connectivity index (χ2n) is 6.61. The third kappa shape index (κ3) is 3.42. The van der Waals surface area contributed by atoms with Gasteiger partial charge in [-0.3, -0.25) is 4.79 Å². The molecule has 2 aromatic carbocycles. The van der Waals surface area contributed by atoms with Gasteiger partial charge >= 0.3 is 0 Å². The second-order valence-corrected chi connectivity index (χ2v) is 6.61. The highest BCUT2D eigenvalue weighted by atomic mass is 16.5. The fourth-order valence-electron chi connectivity index (χ4n) is 3.63. The lowest BCUT2D eigenvalue weighted by molar-refractivity contribution is -0.117. The number of rotatable bonds is 5. The molecule has 26 heavy (non-hydrogen) atoms. The van der Waals surface area contributed by atoms with Gasteiger partial charge in [-0.05, 0) is 47.9 Å². The smallest absolute Gasteiger partial charge is 0.224 e. The van der Waals surface area contributed by atoms with Gasteiger partial charge in [-0.1, -0.05) is 36.4 Å². The van der Waals surface area contributed by atoms with Gasteiger partial charge in [0, 0.05) is 19.2 Å². The maximum Gasteiger partial charge on any atom is 0.224 e. The van der Waals surface area contributed by atoms with Crippen molar-refractivity contribution in [3.8, 4) is 11.1 Å². The number of amides is 1. The molecule has 0 fully saturated rings. The summed E-state index contributed by atoms with van der Waals surface area (Å²) in [7, 11) is 1.93. The van der Waals surface area contributed by atoms with E-state index in [1.165, 1.54) is 5.56 Å². The molecule has 1 aliphatic rings. The molecule has 2 atom stereocenters. The Balaban J connectivity index is 2.02. The second kappa shape index (κ2) is 7.83. The van der Waals surface area contributed by atoms with Crippen molar-refractivity contribution < 1.29 is 10.0 Å². The van der Waals surface area contributed by atoms with E-state index in [9.17, 15) is 10.0 Å². The number of nitrogens with one attached hydrogen (secondary N) is 2. The van der Waals surface area contributed by atoms with Crippen molar-refractivity contribution in [2.24, 2.45) is 0 Å². The van der Waals surface area contributed by atoms with E-state index >= 15 is 0 Å². The molecule has 0 radical (unpaired) electrons. The number of fused-ring (bicyclic) bond motifs is 1. The molecule has 0 aliphatic carbocycles. The number of nitrogens with zero attached hydrogens (tertiary/aromatic N) is 1. The summed E-state index contributed by atoms with van der Waals surface area (Å²) < 4.78 is 0. The largest absolute Gasteiger partial charge is 0.316 e. The van der Waals surface area contributed by atoms with Crippen molar-refractivity contribution in [1.82, 2.24) is 10.8 Å². The van der Waals surface area contributed by atoms with Crippen LogP contribution in [0.2, 0.25) is 0 Å². The Bertz CT molecular complexity index is 801. The first kappa shape index (κ1) is 18.3. The lowest BCUT2D eigenvalue weighted by atomic mass is 9.89. The third-order valence-electron chi connectivity index (χ3n) is 4.91. The Morgan fingerprint density at radius 1 is 1.27 bits per heavy atom. The lowest BCUT2D eigenvalue weighted by Crippen LogP contribution is -2.44. The lowest BCUT2D eigenvalue weighted by Gasteiger charge is -2.39. The Kier molecular flexibility index (Phi) is 5.52. The van der Waals surface area contributed by atoms with E-state index in [1.54, 1.807) is 17.9 Å². The van der Waals surface area contributed by atoms with Gasteiger partial charge in [0.15, 0.2) is 0 Å². The van der Waals surface area contributed by atoms with Crippen LogP contribution in [-0.2, 0) is 11.3 Å². The number of carbonyl (C=O) groups excluding carboxylic acids is 1. The molecule has 2 unspecified atom stereocenters. The Morgan fingerprint density at radius 3 is 2.54 bits per heavy atom. The number of carbonyl (C=O) groups is 1. The summed E-state index contributed by atoms with van der Waals surface area (Å²) >= 11 is 0. The minimum absolute atomic E-state index is 0.0308. The Morgan fingerprint density at radius 2 is 1.96 bits per heavy atom. The van der Waals surface area contributed by atoms with Crippen LogP contribution in [0.3, 0.4) is 0 Å². The van der Waals surface area contributed by atoms with E-state index in [0.29, 0.717) is 6.42 Å². The molecule has 0 saturated carbocycles. The average Bonchev–Trinajstić information content (AvgIpc) is 2.66. The topological polar surface area (TPSA) is 64.6 Å². The number of hydrogen-bond donors (Lipinski definition) is 3. The fourth-order valence-corrected chi connectivity index (χ4v) is 3.63. The van der Waals surface area contributed by atoms with Crippen LogP contribution in [0, 0.1) is 0 Å². The summed E-state index contributed by atoms with van der Waals surface area (Å²) in [5, 5.41) is 12.8. The molecule has 1 heterocycles. The molecule has 0 aromatic heterocycles. The zero-order valence-corrected chi connectivity index (χ0v) is 15.2. The third-order valence-corrected chi connectivity index (χ3v) is 4.91.